The van der Waals surface area contributed by atoms with Crippen molar-refractivity contribution in [2.45, 2.75) is 44.1 Å². The smallest absolute Gasteiger partial charge is 0.236 e. The van der Waals surface area contributed by atoms with E-state index in [1.807, 2.05) is 7.05 Å². The molecule has 0 aromatic carbocycles. The van der Waals surface area contributed by atoms with E-state index in [1.54, 1.807) is 4.90 Å². The first-order valence-electron chi connectivity index (χ1n) is 7.29. The minimum atomic E-state index is -0.763. The van der Waals surface area contributed by atoms with Crippen LogP contribution in [0, 0.1) is 5.41 Å². The Bertz CT molecular complexity index is 411. The number of hydrogen-bond donors (Lipinski definition) is 2. The second-order valence-electron chi connectivity index (χ2n) is 6.55. The number of likely N-dealkylation sites (N-methyl/N-ethyl adjacent to an activating group) is 2. The Kier molecular flexibility index (Phi) is 3.95. The molecular weight excluding hydrogens is 256 g/mol. The van der Waals surface area contributed by atoms with E-state index in [2.05, 4.69) is 24.2 Å². The minimum Gasteiger partial charge on any atom is -0.409 e. The molecule has 0 radical (unpaired) electrons. The summed E-state index contributed by atoms with van der Waals surface area (Å²) >= 11 is 0. The average molecular weight is 282 g/mol. The number of hydrogen-bond acceptors (Lipinski definition) is 4. The largest absolute Gasteiger partial charge is 0.409 e. The fourth-order valence-corrected chi connectivity index (χ4v) is 3.42. The molecule has 114 valence electrons. The van der Waals surface area contributed by atoms with Gasteiger partial charge < -0.3 is 20.7 Å². The van der Waals surface area contributed by atoms with Gasteiger partial charge in [0.1, 0.15) is 5.41 Å². The van der Waals surface area contributed by atoms with Gasteiger partial charge in [0.2, 0.25) is 5.91 Å². The van der Waals surface area contributed by atoms with E-state index in [0.29, 0.717) is 19.4 Å². The highest BCUT2D eigenvalue weighted by atomic mass is 16.4. The van der Waals surface area contributed by atoms with Crippen LogP contribution in [0.4, 0.5) is 0 Å². The van der Waals surface area contributed by atoms with Crippen LogP contribution < -0.4 is 5.73 Å². The van der Waals surface area contributed by atoms with Crippen LogP contribution in [-0.4, -0.2) is 60.0 Å². The minimum absolute atomic E-state index is 0.00725. The van der Waals surface area contributed by atoms with Crippen molar-refractivity contribution < 1.29 is 10.0 Å². The van der Waals surface area contributed by atoms with E-state index >= 15 is 0 Å². The van der Waals surface area contributed by atoms with Crippen LogP contribution in [0.15, 0.2) is 5.16 Å². The van der Waals surface area contributed by atoms with Crippen LogP contribution in [0.5, 0.6) is 0 Å². The first kappa shape index (κ1) is 15.1. The zero-order chi connectivity index (χ0) is 15.0. The van der Waals surface area contributed by atoms with Gasteiger partial charge >= 0.3 is 0 Å². The van der Waals surface area contributed by atoms with Crippen molar-refractivity contribution in [3.05, 3.63) is 0 Å². The van der Waals surface area contributed by atoms with Crippen molar-refractivity contribution in [1.82, 2.24) is 9.80 Å². The molecule has 0 aromatic rings. The number of amidine groups is 1. The number of nitrogens with zero attached hydrogens (tertiary/aromatic N) is 3. The lowest BCUT2D eigenvalue weighted by Gasteiger charge is -2.51. The van der Waals surface area contributed by atoms with Gasteiger partial charge in [-0.2, -0.15) is 0 Å². The van der Waals surface area contributed by atoms with E-state index in [9.17, 15) is 4.79 Å². The molecule has 0 saturated heterocycles. The summed E-state index contributed by atoms with van der Waals surface area (Å²) in [5.74, 6) is 0.0558. The molecule has 0 bridgehead atoms. The normalized spacial score (nSPS) is 23.9. The Hall–Kier alpha value is -1.30. The van der Waals surface area contributed by atoms with E-state index in [4.69, 9.17) is 10.9 Å². The molecule has 0 unspecified atom stereocenters. The zero-order valence-electron chi connectivity index (χ0n) is 12.7. The van der Waals surface area contributed by atoms with Gasteiger partial charge in [-0.3, -0.25) is 4.79 Å². The van der Waals surface area contributed by atoms with Gasteiger partial charge in [-0.25, -0.2) is 0 Å². The molecule has 2 rings (SSSR count). The molecule has 6 nitrogen and oxygen atoms in total. The summed E-state index contributed by atoms with van der Waals surface area (Å²) in [6.07, 6.45) is 5.77. The molecule has 20 heavy (non-hydrogen) atoms. The summed E-state index contributed by atoms with van der Waals surface area (Å²) in [5.41, 5.74) is 5.10. The van der Waals surface area contributed by atoms with Gasteiger partial charge in [-0.05, 0) is 46.2 Å². The molecule has 3 N–H and O–H groups in total. The summed E-state index contributed by atoms with van der Waals surface area (Å²) in [5, 5.41) is 12.0. The van der Waals surface area contributed by atoms with Crippen LogP contribution in [0.25, 0.3) is 0 Å². The molecule has 2 aliphatic rings. The summed E-state index contributed by atoms with van der Waals surface area (Å²) < 4.78 is 0. The highest BCUT2D eigenvalue weighted by Gasteiger charge is 2.51. The average Bonchev–Trinajstić information content (AvgIpc) is 2.31. The van der Waals surface area contributed by atoms with Gasteiger partial charge in [0.25, 0.3) is 0 Å². The van der Waals surface area contributed by atoms with Crippen molar-refractivity contribution >= 4 is 11.7 Å². The van der Waals surface area contributed by atoms with Gasteiger partial charge in [0.05, 0.1) is 0 Å². The molecule has 2 saturated carbocycles. The van der Waals surface area contributed by atoms with E-state index in [1.165, 1.54) is 6.42 Å². The molecule has 0 aliphatic heterocycles. The number of nitrogens with two attached hydrogens (primary N) is 1. The Morgan fingerprint density at radius 1 is 1.20 bits per heavy atom. The number of rotatable bonds is 5. The van der Waals surface area contributed by atoms with E-state index in [0.717, 1.165) is 19.3 Å². The zero-order valence-corrected chi connectivity index (χ0v) is 12.7. The molecule has 6 heteroatoms. The van der Waals surface area contributed by atoms with Gasteiger partial charge in [0.15, 0.2) is 5.84 Å². The summed E-state index contributed by atoms with van der Waals surface area (Å²) in [6.45, 7) is 0.708. The SMILES string of the molecule is CN(CC1(N(C)C)CCC1)C(=O)C1(C(N)=NO)CCC1. The molecule has 2 fully saturated rings. The standard InChI is InChI=1S/C14H26N4O2/c1-17(2)13(6-4-7-13)10-18(3)12(19)14(8-5-9-14)11(15)16-20/h20H,4-10H2,1-3H3,(H2,15,16). The van der Waals surface area contributed by atoms with Crippen LogP contribution in [0.2, 0.25) is 0 Å². The first-order valence-corrected chi connectivity index (χ1v) is 7.29. The monoisotopic (exact) mass is 282 g/mol. The topological polar surface area (TPSA) is 82.2 Å². The van der Waals surface area contributed by atoms with Crippen molar-refractivity contribution in [3.63, 3.8) is 0 Å². The predicted octanol–water partition coefficient (Wildman–Crippen LogP) is 0.846. The molecule has 1 amide bonds. The van der Waals surface area contributed by atoms with Crippen LogP contribution >= 0.6 is 0 Å². The van der Waals surface area contributed by atoms with Crippen LogP contribution in [0.1, 0.15) is 38.5 Å². The Morgan fingerprint density at radius 2 is 1.75 bits per heavy atom. The third-order valence-electron chi connectivity index (χ3n) is 5.33. The maximum Gasteiger partial charge on any atom is 0.236 e. The second kappa shape index (κ2) is 5.24. The van der Waals surface area contributed by atoms with Crippen LogP contribution in [0.3, 0.4) is 0 Å². The molecule has 0 heterocycles. The van der Waals surface area contributed by atoms with Crippen LogP contribution in [-0.2, 0) is 4.79 Å². The highest BCUT2D eigenvalue weighted by Crippen LogP contribution is 2.44. The number of carbonyl (C=O) groups excluding carboxylic acids is 1. The first-order chi connectivity index (χ1) is 9.38. The Labute approximate surface area is 120 Å². The second-order valence-corrected chi connectivity index (χ2v) is 6.55. The van der Waals surface area contributed by atoms with Crippen molar-refractivity contribution in [1.29, 1.82) is 0 Å². The van der Waals surface area contributed by atoms with Crippen molar-refractivity contribution in [2.24, 2.45) is 16.3 Å². The van der Waals surface area contributed by atoms with Gasteiger partial charge in [-0.1, -0.05) is 11.6 Å². The fourth-order valence-electron chi connectivity index (χ4n) is 3.42. The molecule has 0 atom stereocenters. The molecular formula is C14H26N4O2. The van der Waals surface area contributed by atoms with E-state index < -0.39 is 5.41 Å². The Morgan fingerprint density at radius 3 is 2.05 bits per heavy atom. The molecule has 0 spiro atoms. The lowest BCUT2D eigenvalue weighted by molar-refractivity contribution is -0.143. The molecule has 2 aliphatic carbocycles. The quantitative estimate of drug-likeness (QED) is 0.339. The van der Waals surface area contributed by atoms with Crippen molar-refractivity contribution in [3.8, 4) is 0 Å². The number of carbonyl (C=O) groups is 1. The maximum atomic E-state index is 12.7. The van der Waals surface area contributed by atoms with Gasteiger partial charge in [-0.15, -0.1) is 0 Å². The highest BCUT2D eigenvalue weighted by molar-refractivity contribution is 6.07. The van der Waals surface area contributed by atoms with Crippen molar-refractivity contribution in [2.75, 3.05) is 27.7 Å². The third-order valence-corrected chi connectivity index (χ3v) is 5.33. The third kappa shape index (κ3) is 2.16. The summed E-state index contributed by atoms with van der Waals surface area (Å²) in [6, 6.07) is 0. The number of amides is 1. The molecule has 0 aromatic heterocycles. The Balaban J connectivity index is 2.09. The van der Waals surface area contributed by atoms with Gasteiger partial charge in [0, 0.05) is 19.1 Å². The predicted molar refractivity (Wildman–Crippen MR) is 77.6 cm³/mol. The lowest BCUT2D eigenvalue weighted by atomic mass is 9.66. The fraction of sp³-hybridized carbons (Fsp3) is 0.857. The summed E-state index contributed by atoms with van der Waals surface area (Å²) in [7, 11) is 5.97. The number of oxime groups is 1. The lowest BCUT2D eigenvalue weighted by Crippen LogP contribution is -2.61. The maximum absolute atomic E-state index is 12.7. The summed E-state index contributed by atoms with van der Waals surface area (Å²) in [4.78, 5) is 16.7. The van der Waals surface area contributed by atoms with E-state index in [-0.39, 0.29) is 17.3 Å².